The molecule has 0 saturated carbocycles. The number of halogens is 3. The van der Waals surface area contributed by atoms with Gasteiger partial charge in [-0.2, -0.15) is 0 Å². The Morgan fingerprint density at radius 2 is 1.90 bits per heavy atom. The van der Waals surface area contributed by atoms with E-state index in [0.717, 1.165) is 22.3 Å². The molecule has 0 radical (unpaired) electrons. The van der Waals surface area contributed by atoms with Gasteiger partial charge in [-0.3, -0.25) is 0 Å². The largest absolute Gasteiger partial charge is 0.456 e. The Hall–Kier alpha value is -0.910. The average Bonchev–Trinajstić information content (AvgIpc) is 2.42. The maximum Gasteiger partial charge on any atom is 0.141 e. The summed E-state index contributed by atoms with van der Waals surface area (Å²) in [7, 11) is 0. The second kappa shape index (κ2) is 7.38. The van der Waals surface area contributed by atoms with Crippen LogP contribution in [0.2, 0.25) is 0 Å². The number of nitrogens with one attached hydrogen (secondary N) is 1. The lowest BCUT2D eigenvalue weighted by molar-refractivity contribution is 0.458. The molecule has 0 aliphatic heterocycles. The first-order chi connectivity index (χ1) is 10.0. The van der Waals surface area contributed by atoms with E-state index in [1.165, 1.54) is 12.1 Å². The lowest BCUT2D eigenvalue weighted by Crippen LogP contribution is -2.18. The van der Waals surface area contributed by atoms with Gasteiger partial charge in [-0.15, -0.1) is 0 Å². The summed E-state index contributed by atoms with van der Waals surface area (Å²) in [6.07, 6.45) is 0. The molecule has 0 heterocycles. The van der Waals surface area contributed by atoms with Crippen molar-refractivity contribution < 1.29 is 9.13 Å². The molecule has 2 aromatic carbocycles. The molecular formula is C16H16Br2FNO. The molecule has 21 heavy (non-hydrogen) atoms. The molecule has 0 aromatic heterocycles. The molecular weight excluding hydrogens is 401 g/mol. The van der Waals surface area contributed by atoms with Crippen molar-refractivity contribution in [3.05, 3.63) is 56.7 Å². The van der Waals surface area contributed by atoms with Gasteiger partial charge >= 0.3 is 0 Å². The summed E-state index contributed by atoms with van der Waals surface area (Å²) < 4.78 is 20.6. The molecule has 2 rings (SSSR count). The molecule has 0 saturated heterocycles. The van der Waals surface area contributed by atoms with Crippen LogP contribution in [0.3, 0.4) is 0 Å². The highest BCUT2D eigenvalue weighted by molar-refractivity contribution is 9.10. The van der Waals surface area contributed by atoms with Gasteiger partial charge in [0.2, 0.25) is 0 Å². The standard InChI is InChI=1S/C16H16Br2FNO/c1-3-20-10(2)13-6-4-11(17)8-16(13)21-15-7-5-12(19)9-14(15)18/h4-10,20H,3H2,1-2H3. The van der Waals surface area contributed by atoms with Gasteiger partial charge in [-0.05, 0) is 59.7 Å². The van der Waals surface area contributed by atoms with Crippen molar-refractivity contribution in [2.45, 2.75) is 19.9 Å². The zero-order valence-corrected chi connectivity index (χ0v) is 15.0. The first-order valence-corrected chi connectivity index (χ1v) is 8.25. The maximum absolute atomic E-state index is 13.2. The number of rotatable bonds is 5. The van der Waals surface area contributed by atoms with E-state index in [0.29, 0.717) is 10.2 Å². The molecule has 0 spiro atoms. The molecule has 2 aromatic rings. The quantitative estimate of drug-likeness (QED) is 0.663. The normalized spacial score (nSPS) is 12.2. The van der Waals surface area contributed by atoms with Crippen LogP contribution in [0.1, 0.15) is 25.5 Å². The average molecular weight is 417 g/mol. The van der Waals surface area contributed by atoms with Crippen LogP contribution in [0.15, 0.2) is 45.3 Å². The SMILES string of the molecule is CCNC(C)c1ccc(Br)cc1Oc1ccc(F)cc1Br. The molecule has 0 fully saturated rings. The second-order valence-corrected chi connectivity index (χ2v) is 6.41. The van der Waals surface area contributed by atoms with Gasteiger partial charge in [0.15, 0.2) is 0 Å². The summed E-state index contributed by atoms with van der Waals surface area (Å²) in [5.41, 5.74) is 1.05. The molecule has 1 atom stereocenters. The third-order valence-electron chi connectivity index (χ3n) is 3.07. The fraction of sp³-hybridized carbons (Fsp3) is 0.250. The fourth-order valence-corrected chi connectivity index (χ4v) is 2.82. The number of ether oxygens (including phenoxy) is 1. The number of hydrogen-bond acceptors (Lipinski definition) is 2. The fourth-order valence-electron chi connectivity index (χ4n) is 2.05. The van der Waals surface area contributed by atoms with Crippen LogP contribution in [-0.4, -0.2) is 6.54 Å². The Balaban J connectivity index is 2.35. The smallest absolute Gasteiger partial charge is 0.141 e. The lowest BCUT2D eigenvalue weighted by Gasteiger charge is -2.18. The molecule has 2 nitrogen and oxygen atoms in total. The molecule has 0 aliphatic rings. The topological polar surface area (TPSA) is 21.3 Å². The molecule has 5 heteroatoms. The summed E-state index contributed by atoms with van der Waals surface area (Å²) in [4.78, 5) is 0. The van der Waals surface area contributed by atoms with Crippen molar-refractivity contribution >= 4 is 31.9 Å². The van der Waals surface area contributed by atoms with Crippen molar-refractivity contribution in [3.8, 4) is 11.5 Å². The third-order valence-corrected chi connectivity index (χ3v) is 4.18. The van der Waals surface area contributed by atoms with Crippen LogP contribution in [0.4, 0.5) is 4.39 Å². The maximum atomic E-state index is 13.2. The highest BCUT2D eigenvalue weighted by Crippen LogP contribution is 2.35. The van der Waals surface area contributed by atoms with Crippen LogP contribution >= 0.6 is 31.9 Å². The predicted octanol–water partition coefficient (Wildman–Crippen LogP) is 5.81. The minimum Gasteiger partial charge on any atom is -0.456 e. The highest BCUT2D eigenvalue weighted by Gasteiger charge is 2.13. The van der Waals surface area contributed by atoms with Crippen molar-refractivity contribution in [2.24, 2.45) is 0 Å². The molecule has 1 N–H and O–H groups in total. The lowest BCUT2D eigenvalue weighted by atomic mass is 10.1. The number of hydrogen-bond donors (Lipinski definition) is 1. The first kappa shape index (κ1) is 16.5. The Bertz CT molecular complexity index is 634. The summed E-state index contributed by atoms with van der Waals surface area (Å²) >= 11 is 6.78. The van der Waals surface area contributed by atoms with Gasteiger partial charge in [0.25, 0.3) is 0 Å². The third kappa shape index (κ3) is 4.28. The summed E-state index contributed by atoms with van der Waals surface area (Å²) in [6.45, 7) is 5.02. The Morgan fingerprint density at radius 1 is 1.14 bits per heavy atom. The van der Waals surface area contributed by atoms with Crippen molar-refractivity contribution in [1.29, 1.82) is 0 Å². The van der Waals surface area contributed by atoms with Gasteiger partial charge in [0.1, 0.15) is 17.3 Å². The van der Waals surface area contributed by atoms with Gasteiger partial charge in [-0.1, -0.05) is 28.9 Å². The van der Waals surface area contributed by atoms with E-state index >= 15 is 0 Å². The van der Waals surface area contributed by atoms with Gasteiger partial charge in [0, 0.05) is 16.1 Å². The Kier molecular flexibility index (Phi) is 5.79. The van der Waals surface area contributed by atoms with Gasteiger partial charge in [0.05, 0.1) is 4.47 Å². The minimum atomic E-state index is -0.301. The second-order valence-electron chi connectivity index (χ2n) is 4.64. The van der Waals surface area contributed by atoms with E-state index in [2.05, 4.69) is 51.0 Å². The summed E-state index contributed by atoms with van der Waals surface area (Å²) in [5.74, 6) is 1.02. The molecule has 0 bridgehead atoms. The Morgan fingerprint density at radius 3 is 2.57 bits per heavy atom. The molecule has 0 amide bonds. The van der Waals surface area contributed by atoms with Gasteiger partial charge < -0.3 is 10.1 Å². The first-order valence-electron chi connectivity index (χ1n) is 6.67. The van der Waals surface area contributed by atoms with Crippen LogP contribution in [0.25, 0.3) is 0 Å². The Labute approximate surface area is 141 Å². The van der Waals surface area contributed by atoms with Crippen LogP contribution in [-0.2, 0) is 0 Å². The number of benzene rings is 2. The minimum absolute atomic E-state index is 0.164. The molecule has 0 aliphatic carbocycles. The van der Waals surface area contributed by atoms with E-state index < -0.39 is 0 Å². The van der Waals surface area contributed by atoms with E-state index in [-0.39, 0.29) is 11.9 Å². The van der Waals surface area contributed by atoms with Crippen LogP contribution in [0.5, 0.6) is 11.5 Å². The van der Waals surface area contributed by atoms with Crippen molar-refractivity contribution in [1.82, 2.24) is 5.32 Å². The molecule has 112 valence electrons. The van der Waals surface area contributed by atoms with Crippen molar-refractivity contribution in [2.75, 3.05) is 6.54 Å². The summed E-state index contributed by atoms with van der Waals surface area (Å²) in [6, 6.07) is 10.5. The van der Waals surface area contributed by atoms with Crippen LogP contribution in [0, 0.1) is 5.82 Å². The monoisotopic (exact) mass is 415 g/mol. The van der Waals surface area contributed by atoms with E-state index in [1.807, 2.05) is 18.2 Å². The van der Waals surface area contributed by atoms with E-state index in [9.17, 15) is 4.39 Å². The zero-order chi connectivity index (χ0) is 15.4. The van der Waals surface area contributed by atoms with E-state index in [4.69, 9.17) is 4.74 Å². The van der Waals surface area contributed by atoms with Gasteiger partial charge in [-0.25, -0.2) is 4.39 Å². The predicted molar refractivity (Wildman–Crippen MR) is 90.4 cm³/mol. The summed E-state index contributed by atoms with van der Waals surface area (Å²) in [5, 5.41) is 3.36. The van der Waals surface area contributed by atoms with Crippen LogP contribution < -0.4 is 10.1 Å². The molecule has 1 unspecified atom stereocenters. The highest BCUT2D eigenvalue weighted by atomic mass is 79.9. The van der Waals surface area contributed by atoms with Crippen molar-refractivity contribution in [3.63, 3.8) is 0 Å². The zero-order valence-electron chi connectivity index (χ0n) is 11.8. The van der Waals surface area contributed by atoms with E-state index in [1.54, 1.807) is 6.07 Å².